The Balaban J connectivity index is 1.71. The molecule has 33 heavy (non-hydrogen) atoms. The molecule has 176 valence electrons. The average molecular weight is 461 g/mol. The van der Waals surface area contributed by atoms with E-state index in [2.05, 4.69) is 10.2 Å². The second-order valence-corrected chi connectivity index (χ2v) is 8.05. The topological polar surface area (TPSA) is 59.6 Å². The molecule has 1 aliphatic rings. The highest BCUT2D eigenvalue weighted by atomic mass is 19.4. The van der Waals surface area contributed by atoms with Gasteiger partial charge in [-0.1, -0.05) is 12.1 Å². The second kappa shape index (κ2) is 9.35. The number of nitrogens with zero attached hydrogens (tertiary/aromatic N) is 2. The molecule has 6 nitrogen and oxygen atoms in total. The normalized spacial score (nSPS) is 14.5. The van der Waals surface area contributed by atoms with Crippen molar-refractivity contribution in [2.45, 2.75) is 33.1 Å². The zero-order valence-corrected chi connectivity index (χ0v) is 18.5. The van der Waals surface area contributed by atoms with Crippen LogP contribution < -0.4 is 10.2 Å². The van der Waals surface area contributed by atoms with Crippen LogP contribution in [0.15, 0.2) is 47.1 Å². The highest BCUT2D eigenvalue weighted by Crippen LogP contribution is 2.33. The summed E-state index contributed by atoms with van der Waals surface area (Å²) in [5.41, 5.74) is 2.73. The number of benzene rings is 1. The number of carbonyl (C=O) groups is 1. The first kappa shape index (κ1) is 23.0. The van der Waals surface area contributed by atoms with Crippen LogP contribution in [-0.2, 0) is 24.0 Å². The van der Waals surface area contributed by atoms with Gasteiger partial charge in [0, 0.05) is 30.9 Å². The molecule has 1 aliphatic heterocycles. The van der Waals surface area contributed by atoms with Crippen molar-refractivity contribution in [3.63, 3.8) is 0 Å². The van der Waals surface area contributed by atoms with Crippen LogP contribution in [0.25, 0.3) is 0 Å². The van der Waals surface area contributed by atoms with Gasteiger partial charge in [0.2, 0.25) is 0 Å². The number of hydrogen-bond acceptors (Lipinski definition) is 4. The van der Waals surface area contributed by atoms with Gasteiger partial charge in [-0.2, -0.15) is 13.2 Å². The second-order valence-electron chi connectivity index (χ2n) is 8.05. The SMILES string of the molecule is Cc1c(N2CCOCC2)c(C)n(Cc2cccc(C(F)(F)F)c2)c1C(=O)NCc1ccco1. The van der Waals surface area contributed by atoms with Crippen LogP contribution in [0, 0.1) is 13.8 Å². The van der Waals surface area contributed by atoms with E-state index < -0.39 is 11.7 Å². The summed E-state index contributed by atoms with van der Waals surface area (Å²) < 4.78 is 52.3. The molecule has 4 rings (SSSR count). The summed E-state index contributed by atoms with van der Waals surface area (Å²) in [7, 11) is 0. The summed E-state index contributed by atoms with van der Waals surface area (Å²) in [5.74, 6) is 0.306. The molecule has 2 aromatic heterocycles. The Bertz CT molecular complexity index is 1110. The standard InChI is InChI=1S/C24H26F3N3O3/c1-16-21(29-8-11-32-12-9-29)17(2)30(15-18-5-3-6-19(13-18)24(25,26)27)22(16)23(31)28-14-20-7-4-10-33-20/h3-7,10,13H,8-9,11-12,14-15H2,1-2H3,(H,28,31). The van der Waals surface area contributed by atoms with Crippen molar-refractivity contribution in [2.75, 3.05) is 31.2 Å². The van der Waals surface area contributed by atoms with E-state index in [-0.39, 0.29) is 19.0 Å². The minimum atomic E-state index is -4.43. The van der Waals surface area contributed by atoms with Crippen LogP contribution in [0.2, 0.25) is 0 Å². The third-order valence-electron chi connectivity index (χ3n) is 5.87. The van der Waals surface area contributed by atoms with Crippen molar-refractivity contribution in [1.82, 2.24) is 9.88 Å². The van der Waals surface area contributed by atoms with Gasteiger partial charge in [0.25, 0.3) is 5.91 Å². The molecule has 0 radical (unpaired) electrons. The van der Waals surface area contributed by atoms with E-state index in [0.717, 1.165) is 29.1 Å². The predicted octanol–water partition coefficient (Wildman–Crippen LogP) is 4.53. The first-order valence-corrected chi connectivity index (χ1v) is 10.7. The lowest BCUT2D eigenvalue weighted by molar-refractivity contribution is -0.137. The van der Waals surface area contributed by atoms with Crippen molar-refractivity contribution >= 4 is 11.6 Å². The van der Waals surface area contributed by atoms with E-state index >= 15 is 0 Å². The van der Waals surface area contributed by atoms with Gasteiger partial charge in [-0.05, 0) is 43.7 Å². The molecule has 1 amide bonds. The minimum absolute atomic E-state index is 0.143. The number of aromatic nitrogens is 1. The minimum Gasteiger partial charge on any atom is -0.467 e. The fourth-order valence-corrected chi connectivity index (χ4v) is 4.32. The van der Waals surface area contributed by atoms with Gasteiger partial charge in [0.1, 0.15) is 11.5 Å². The van der Waals surface area contributed by atoms with E-state index in [9.17, 15) is 18.0 Å². The number of morpholine rings is 1. The number of carbonyl (C=O) groups excluding carboxylic acids is 1. The molecule has 0 unspecified atom stereocenters. The summed E-state index contributed by atoms with van der Waals surface area (Å²) in [6.45, 7) is 6.66. The van der Waals surface area contributed by atoms with Crippen LogP contribution in [-0.4, -0.2) is 36.8 Å². The number of halogens is 3. The number of hydrogen-bond donors (Lipinski definition) is 1. The van der Waals surface area contributed by atoms with E-state index in [4.69, 9.17) is 9.15 Å². The molecule has 0 aliphatic carbocycles. The summed E-state index contributed by atoms with van der Waals surface area (Å²) in [4.78, 5) is 15.4. The number of rotatable bonds is 6. The molecular formula is C24H26F3N3O3. The van der Waals surface area contributed by atoms with E-state index in [1.807, 2.05) is 13.8 Å². The molecular weight excluding hydrogens is 435 g/mol. The van der Waals surface area contributed by atoms with Crippen LogP contribution in [0.4, 0.5) is 18.9 Å². The van der Waals surface area contributed by atoms with Crippen molar-refractivity contribution in [1.29, 1.82) is 0 Å². The fourth-order valence-electron chi connectivity index (χ4n) is 4.32. The Labute approximate surface area is 189 Å². The van der Waals surface area contributed by atoms with Gasteiger partial charge in [0.15, 0.2) is 0 Å². The smallest absolute Gasteiger partial charge is 0.416 e. The number of ether oxygens (including phenoxy) is 1. The Morgan fingerprint density at radius 2 is 1.88 bits per heavy atom. The zero-order chi connectivity index (χ0) is 23.6. The Kier molecular flexibility index (Phi) is 6.51. The van der Waals surface area contributed by atoms with Gasteiger partial charge in [-0.3, -0.25) is 4.79 Å². The van der Waals surface area contributed by atoms with Crippen LogP contribution >= 0.6 is 0 Å². The summed E-state index contributed by atoms with van der Waals surface area (Å²) in [5, 5.41) is 2.87. The zero-order valence-electron chi connectivity index (χ0n) is 18.5. The third-order valence-corrected chi connectivity index (χ3v) is 5.87. The van der Waals surface area contributed by atoms with Crippen LogP contribution in [0.3, 0.4) is 0 Å². The van der Waals surface area contributed by atoms with Gasteiger partial charge in [-0.15, -0.1) is 0 Å². The molecule has 3 aromatic rings. The monoisotopic (exact) mass is 461 g/mol. The molecule has 1 aromatic carbocycles. The van der Waals surface area contributed by atoms with Crippen molar-refractivity contribution in [2.24, 2.45) is 0 Å². The molecule has 0 saturated carbocycles. The number of nitrogens with one attached hydrogen (secondary N) is 1. The molecule has 0 atom stereocenters. The van der Waals surface area contributed by atoms with Crippen molar-refractivity contribution in [3.8, 4) is 0 Å². The highest BCUT2D eigenvalue weighted by molar-refractivity contribution is 5.96. The maximum Gasteiger partial charge on any atom is 0.416 e. The molecule has 9 heteroatoms. The number of amides is 1. The average Bonchev–Trinajstić information content (AvgIpc) is 3.39. The molecule has 3 heterocycles. The maximum atomic E-state index is 13.2. The number of alkyl halides is 3. The molecule has 1 N–H and O–H groups in total. The predicted molar refractivity (Wildman–Crippen MR) is 117 cm³/mol. The number of anilines is 1. The van der Waals surface area contributed by atoms with E-state index in [1.54, 1.807) is 22.8 Å². The van der Waals surface area contributed by atoms with E-state index in [0.29, 0.717) is 43.3 Å². The number of furan rings is 1. The lowest BCUT2D eigenvalue weighted by Crippen LogP contribution is -2.36. The first-order valence-electron chi connectivity index (χ1n) is 10.7. The molecule has 1 fully saturated rings. The van der Waals surface area contributed by atoms with Crippen LogP contribution in [0.1, 0.15) is 38.6 Å². The van der Waals surface area contributed by atoms with Gasteiger partial charge >= 0.3 is 6.18 Å². The quantitative estimate of drug-likeness (QED) is 0.586. The van der Waals surface area contributed by atoms with Gasteiger partial charge in [-0.25, -0.2) is 0 Å². The maximum absolute atomic E-state index is 13.2. The summed E-state index contributed by atoms with van der Waals surface area (Å²) in [6.07, 6.45) is -2.90. The summed E-state index contributed by atoms with van der Waals surface area (Å²) in [6, 6.07) is 8.72. The molecule has 0 bridgehead atoms. The van der Waals surface area contributed by atoms with Crippen LogP contribution in [0.5, 0.6) is 0 Å². The fraction of sp³-hybridized carbons (Fsp3) is 0.375. The summed E-state index contributed by atoms with van der Waals surface area (Å²) >= 11 is 0. The largest absolute Gasteiger partial charge is 0.467 e. The Morgan fingerprint density at radius 3 is 2.55 bits per heavy atom. The molecule has 1 saturated heterocycles. The third kappa shape index (κ3) is 4.93. The Morgan fingerprint density at radius 1 is 1.12 bits per heavy atom. The Hall–Kier alpha value is -3.20. The molecule has 0 spiro atoms. The highest BCUT2D eigenvalue weighted by Gasteiger charge is 2.31. The lowest BCUT2D eigenvalue weighted by Gasteiger charge is -2.29. The van der Waals surface area contributed by atoms with Crippen molar-refractivity contribution in [3.05, 3.63) is 76.5 Å². The van der Waals surface area contributed by atoms with Crippen molar-refractivity contribution < 1.29 is 27.1 Å². The van der Waals surface area contributed by atoms with Gasteiger partial charge in [0.05, 0.1) is 37.3 Å². The first-order chi connectivity index (χ1) is 15.8. The lowest BCUT2D eigenvalue weighted by atomic mass is 10.1. The van der Waals surface area contributed by atoms with E-state index in [1.165, 1.54) is 12.3 Å². The van der Waals surface area contributed by atoms with Gasteiger partial charge < -0.3 is 23.9 Å².